The maximum absolute atomic E-state index is 12.0. The van der Waals surface area contributed by atoms with Crippen molar-refractivity contribution in [3.63, 3.8) is 0 Å². The van der Waals surface area contributed by atoms with Gasteiger partial charge in [0.15, 0.2) is 4.34 Å². The summed E-state index contributed by atoms with van der Waals surface area (Å²) in [7, 11) is 0. The number of hydrogen-bond acceptors (Lipinski definition) is 6. The number of anilines is 2. The Morgan fingerprint density at radius 3 is 2.69 bits per heavy atom. The van der Waals surface area contributed by atoms with E-state index in [-0.39, 0.29) is 11.7 Å². The Bertz CT molecular complexity index is 883. The van der Waals surface area contributed by atoms with Gasteiger partial charge in [-0.2, -0.15) is 0 Å². The van der Waals surface area contributed by atoms with Gasteiger partial charge in [-0.1, -0.05) is 70.6 Å². The Morgan fingerprint density at radius 1 is 1.15 bits per heavy atom. The molecule has 0 bridgehead atoms. The van der Waals surface area contributed by atoms with Gasteiger partial charge in [0.2, 0.25) is 11.0 Å². The van der Waals surface area contributed by atoms with Gasteiger partial charge in [-0.3, -0.25) is 4.79 Å². The van der Waals surface area contributed by atoms with Crippen molar-refractivity contribution >= 4 is 51.4 Å². The molecule has 0 aliphatic heterocycles. The maximum Gasteiger partial charge on any atom is 0.230 e. The quantitative estimate of drug-likeness (QED) is 0.561. The molecule has 0 aliphatic rings. The van der Waals surface area contributed by atoms with Crippen molar-refractivity contribution in [3.05, 3.63) is 64.7 Å². The first-order valence-corrected chi connectivity index (χ1v) is 10.1. The van der Waals surface area contributed by atoms with Crippen molar-refractivity contribution in [1.82, 2.24) is 15.5 Å². The van der Waals surface area contributed by atoms with Crippen molar-refractivity contribution in [2.24, 2.45) is 0 Å². The minimum Gasteiger partial charge on any atom is -0.351 e. The summed E-state index contributed by atoms with van der Waals surface area (Å²) in [4.78, 5) is 12.0. The van der Waals surface area contributed by atoms with Crippen molar-refractivity contribution in [1.29, 1.82) is 0 Å². The van der Waals surface area contributed by atoms with Gasteiger partial charge < -0.3 is 10.6 Å². The number of carbonyl (C=O) groups excluding carboxylic acids is 1. The number of thioether (sulfide) groups is 1. The molecule has 0 saturated carbocycles. The molecule has 1 aromatic heterocycles. The highest BCUT2D eigenvalue weighted by Crippen LogP contribution is 2.27. The summed E-state index contributed by atoms with van der Waals surface area (Å²) in [5.41, 5.74) is 3.06. The third-order valence-corrected chi connectivity index (χ3v) is 5.81. The van der Waals surface area contributed by atoms with Crippen LogP contribution in [0.4, 0.5) is 10.8 Å². The number of halogens is 1. The van der Waals surface area contributed by atoms with Crippen LogP contribution >= 0.6 is 34.7 Å². The van der Waals surface area contributed by atoms with Crippen LogP contribution in [0.2, 0.25) is 5.02 Å². The number of aryl methyl sites for hydroxylation is 1. The zero-order chi connectivity index (χ0) is 18.4. The first kappa shape index (κ1) is 18.7. The number of benzene rings is 2. The molecule has 0 aliphatic carbocycles. The lowest BCUT2D eigenvalue weighted by molar-refractivity contribution is -0.118. The molecule has 1 heterocycles. The summed E-state index contributed by atoms with van der Waals surface area (Å²) in [5.74, 6) is 0.210. The Hall–Kier alpha value is -2.09. The monoisotopic (exact) mass is 404 g/mol. The highest BCUT2D eigenvalue weighted by Gasteiger charge is 2.09. The van der Waals surface area contributed by atoms with Crippen LogP contribution in [-0.2, 0) is 11.3 Å². The van der Waals surface area contributed by atoms with Crippen LogP contribution in [0.25, 0.3) is 0 Å². The van der Waals surface area contributed by atoms with E-state index in [9.17, 15) is 4.79 Å². The third kappa shape index (κ3) is 5.45. The smallest absolute Gasteiger partial charge is 0.230 e. The fraction of sp³-hybridized carbons (Fsp3) is 0.167. The zero-order valence-electron chi connectivity index (χ0n) is 14.0. The number of rotatable bonds is 7. The van der Waals surface area contributed by atoms with E-state index in [4.69, 9.17) is 11.6 Å². The number of amides is 1. The standard InChI is InChI=1S/C18H17ClN4OS2/c1-12-6-8-14(9-7-12)21-17-22-23-18(26-17)25-11-16(24)20-10-13-4-2-3-5-15(13)19/h2-9H,10-11H2,1H3,(H,20,24)(H,21,22). The van der Waals surface area contributed by atoms with Crippen molar-refractivity contribution in [3.8, 4) is 0 Å². The lowest BCUT2D eigenvalue weighted by Crippen LogP contribution is -2.24. The van der Waals surface area contributed by atoms with Gasteiger partial charge in [0.1, 0.15) is 0 Å². The Balaban J connectivity index is 1.46. The van der Waals surface area contributed by atoms with E-state index in [0.717, 1.165) is 15.6 Å². The molecule has 2 N–H and O–H groups in total. The average Bonchev–Trinajstić information content (AvgIpc) is 3.09. The Morgan fingerprint density at radius 2 is 1.92 bits per heavy atom. The lowest BCUT2D eigenvalue weighted by Gasteiger charge is -2.05. The predicted octanol–water partition coefficient (Wildman–Crippen LogP) is 4.65. The van der Waals surface area contributed by atoms with E-state index in [1.807, 2.05) is 55.5 Å². The Kier molecular flexibility index (Phi) is 6.49. The van der Waals surface area contributed by atoms with Crippen LogP contribution in [0.5, 0.6) is 0 Å². The molecule has 0 spiro atoms. The lowest BCUT2D eigenvalue weighted by atomic mass is 10.2. The van der Waals surface area contributed by atoms with E-state index >= 15 is 0 Å². The summed E-state index contributed by atoms with van der Waals surface area (Å²) in [5, 5.41) is 15.6. The van der Waals surface area contributed by atoms with Gasteiger partial charge in [-0.25, -0.2) is 0 Å². The molecular formula is C18H17ClN4OS2. The summed E-state index contributed by atoms with van der Waals surface area (Å²) in [6, 6.07) is 15.5. The topological polar surface area (TPSA) is 66.9 Å². The fourth-order valence-corrected chi connectivity index (χ4v) is 3.90. The first-order valence-electron chi connectivity index (χ1n) is 7.90. The first-order chi connectivity index (χ1) is 12.6. The molecule has 0 atom stereocenters. The van der Waals surface area contributed by atoms with Crippen LogP contribution in [-0.4, -0.2) is 21.9 Å². The van der Waals surface area contributed by atoms with Crippen molar-refractivity contribution < 1.29 is 4.79 Å². The summed E-state index contributed by atoms with van der Waals surface area (Å²) < 4.78 is 0.743. The fourth-order valence-electron chi connectivity index (χ4n) is 2.09. The second kappa shape index (κ2) is 9.02. The molecule has 0 radical (unpaired) electrons. The largest absolute Gasteiger partial charge is 0.351 e. The second-order valence-electron chi connectivity index (χ2n) is 5.52. The number of nitrogens with zero attached hydrogens (tertiary/aromatic N) is 2. The molecule has 0 saturated heterocycles. The minimum absolute atomic E-state index is 0.0711. The summed E-state index contributed by atoms with van der Waals surface area (Å²) in [6.07, 6.45) is 0. The van der Waals surface area contributed by atoms with Gasteiger partial charge in [-0.05, 0) is 30.7 Å². The molecule has 1 amide bonds. The molecule has 3 aromatic rings. The van der Waals surface area contributed by atoms with Gasteiger partial charge in [-0.15, -0.1) is 10.2 Å². The van der Waals surface area contributed by atoms with Gasteiger partial charge in [0.05, 0.1) is 5.75 Å². The van der Waals surface area contributed by atoms with Crippen LogP contribution in [0.15, 0.2) is 52.9 Å². The van der Waals surface area contributed by atoms with Crippen LogP contribution < -0.4 is 10.6 Å². The number of hydrogen-bond donors (Lipinski definition) is 2. The highest BCUT2D eigenvalue weighted by molar-refractivity contribution is 8.01. The van der Waals surface area contributed by atoms with Crippen LogP contribution in [0.3, 0.4) is 0 Å². The second-order valence-corrected chi connectivity index (χ2v) is 8.13. The maximum atomic E-state index is 12.0. The van der Waals surface area contributed by atoms with E-state index in [1.54, 1.807) is 0 Å². The van der Waals surface area contributed by atoms with Gasteiger partial charge >= 0.3 is 0 Å². The minimum atomic E-state index is -0.0711. The van der Waals surface area contributed by atoms with Gasteiger partial charge in [0, 0.05) is 17.3 Å². The van der Waals surface area contributed by atoms with E-state index in [1.165, 1.54) is 28.7 Å². The number of aromatic nitrogens is 2. The van der Waals surface area contributed by atoms with Crippen molar-refractivity contribution in [2.75, 3.05) is 11.1 Å². The molecule has 5 nitrogen and oxygen atoms in total. The molecule has 0 unspecified atom stereocenters. The Labute approximate surface area is 165 Å². The highest BCUT2D eigenvalue weighted by atomic mass is 35.5. The molecule has 134 valence electrons. The number of nitrogens with one attached hydrogen (secondary N) is 2. The molecular weight excluding hydrogens is 388 g/mol. The predicted molar refractivity (Wildman–Crippen MR) is 108 cm³/mol. The molecule has 8 heteroatoms. The van der Waals surface area contributed by atoms with Crippen molar-refractivity contribution in [2.45, 2.75) is 17.8 Å². The zero-order valence-corrected chi connectivity index (χ0v) is 16.4. The number of carbonyl (C=O) groups is 1. The van der Waals surface area contributed by atoms with E-state index in [2.05, 4.69) is 20.8 Å². The normalized spacial score (nSPS) is 10.5. The van der Waals surface area contributed by atoms with E-state index in [0.29, 0.717) is 16.7 Å². The summed E-state index contributed by atoms with van der Waals surface area (Å²) in [6.45, 7) is 2.45. The molecule has 2 aromatic carbocycles. The van der Waals surface area contributed by atoms with Crippen LogP contribution in [0, 0.1) is 6.92 Å². The summed E-state index contributed by atoms with van der Waals surface area (Å²) >= 11 is 8.86. The van der Waals surface area contributed by atoms with Crippen LogP contribution in [0.1, 0.15) is 11.1 Å². The SMILES string of the molecule is Cc1ccc(Nc2nnc(SCC(=O)NCc3ccccc3Cl)s2)cc1. The molecule has 3 rings (SSSR count). The van der Waals surface area contributed by atoms with Gasteiger partial charge in [0.25, 0.3) is 0 Å². The van der Waals surface area contributed by atoms with E-state index < -0.39 is 0 Å². The molecule has 26 heavy (non-hydrogen) atoms. The third-order valence-electron chi connectivity index (χ3n) is 3.47. The average molecular weight is 405 g/mol. The molecule has 0 fully saturated rings.